The van der Waals surface area contributed by atoms with Crippen LogP contribution < -0.4 is 5.32 Å². The van der Waals surface area contributed by atoms with Crippen molar-refractivity contribution >= 4 is 21.8 Å². The highest BCUT2D eigenvalue weighted by atomic mass is 19.1. The third kappa shape index (κ3) is 3.29. The van der Waals surface area contributed by atoms with Gasteiger partial charge in [-0.15, -0.1) is 0 Å². The molecule has 2 heterocycles. The molecular weight excluding hydrogens is 279 g/mol. The average molecular weight is 300 g/mol. The normalized spacial score (nSPS) is 25.0. The molecule has 2 aromatic carbocycles. The van der Waals surface area contributed by atoms with Gasteiger partial charge in [0.05, 0.1) is 6.10 Å². The smallest absolute Gasteiger partial charge is 0.123 e. The van der Waals surface area contributed by atoms with Gasteiger partial charge in [-0.25, -0.2) is 4.39 Å². The Hall–Kier alpha value is -1.91. The summed E-state index contributed by atoms with van der Waals surface area (Å²) >= 11 is 0. The fraction of sp³-hybridized carbons (Fsp3) is 0.333. The molecule has 1 unspecified atom stereocenters. The summed E-state index contributed by atoms with van der Waals surface area (Å²) in [4.78, 5) is 3.38. The van der Waals surface area contributed by atoms with Crippen molar-refractivity contribution in [2.75, 3.05) is 13.1 Å². The Morgan fingerprint density at radius 1 is 1.05 bits per heavy atom. The van der Waals surface area contributed by atoms with Crippen LogP contribution in [0.2, 0.25) is 0 Å². The van der Waals surface area contributed by atoms with Crippen LogP contribution in [0.1, 0.15) is 13.3 Å². The lowest BCUT2D eigenvalue weighted by molar-refractivity contribution is 0.0434. The van der Waals surface area contributed by atoms with E-state index in [0.717, 1.165) is 0 Å². The Kier molecular flexibility index (Phi) is 4.14. The largest absolute Gasteiger partial charge is 0.392 e. The Labute approximate surface area is 129 Å². The standard InChI is InChI=1S/C12H9N.C6H12FNO/c1-3-7-11-9(5-1)10-6-2-4-8-12(10)13-11;1-6(7)2-5(9)3-8-4-6/h1-8,13H;5,8-9H,2-4H2,1H3/t;5-,6?/m.0/s1. The molecule has 2 atom stereocenters. The lowest BCUT2D eigenvalue weighted by Crippen LogP contribution is -2.47. The first-order chi connectivity index (χ1) is 10.6. The molecule has 0 amide bonds. The van der Waals surface area contributed by atoms with E-state index in [1.165, 1.54) is 28.7 Å². The van der Waals surface area contributed by atoms with Crippen molar-refractivity contribution in [2.45, 2.75) is 25.1 Å². The summed E-state index contributed by atoms with van der Waals surface area (Å²) in [7, 11) is 0. The van der Waals surface area contributed by atoms with E-state index < -0.39 is 11.8 Å². The molecule has 0 aliphatic carbocycles. The number of aliphatic hydroxyl groups is 1. The first kappa shape index (κ1) is 15.0. The van der Waals surface area contributed by atoms with Gasteiger partial charge in [-0.3, -0.25) is 0 Å². The molecule has 3 nitrogen and oxygen atoms in total. The predicted molar refractivity (Wildman–Crippen MR) is 88.8 cm³/mol. The molecule has 1 aromatic heterocycles. The van der Waals surface area contributed by atoms with E-state index in [1.54, 1.807) is 0 Å². The number of aliphatic hydroxyl groups excluding tert-OH is 1. The van der Waals surface area contributed by atoms with E-state index in [9.17, 15) is 4.39 Å². The second kappa shape index (κ2) is 6.07. The third-order valence-corrected chi connectivity index (χ3v) is 3.95. The molecule has 4 rings (SSSR count). The maximum atomic E-state index is 12.9. The van der Waals surface area contributed by atoms with E-state index in [4.69, 9.17) is 5.11 Å². The predicted octanol–water partition coefficient (Wildman–Crippen LogP) is 3.39. The Morgan fingerprint density at radius 3 is 2.05 bits per heavy atom. The van der Waals surface area contributed by atoms with Crippen LogP contribution in [0.3, 0.4) is 0 Å². The molecule has 0 spiro atoms. The fourth-order valence-electron chi connectivity index (χ4n) is 2.93. The van der Waals surface area contributed by atoms with Crippen LogP contribution in [-0.2, 0) is 0 Å². The van der Waals surface area contributed by atoms with Crippen LogP contribution in [-0.4, -0.2) is 35.0 Å². The first-order valence-electron chi connectivity index (χ1n) is 7.58. The van der Waals surface area contributed by atoms with Crippen LogP contribution in [0.5, 0.6) is 0 Å². The number of nitrogens with one attached hydrogen (secondary N) is 2. The zero-order valence-electron chi connectivity index (χ0n) is 12.6. The number of fused-ring (bicyclic) bond motifs is 3. The summed E-state index contributed by atoms with van der Waals surface area (Å²) in [5.41, 5.74) is 1.21. The molecule has 0 bridgehead atoms. The molecule has 116 valence electrons. The van der Waals surface area contributed by atoms with Gasteiger partial charge in [0, 0.05) is 41.3 Å². The maximum Gasteiger partial charge on any atom is 0.123 e. The van der Waals surface area contributed by atoms with Gasteiger partial charge in [-0.2, -0.15) is 0 Å². The van der Waals surface area contributed by atoms with Crippen molar-refractivity contribution in [3.8, 4) is 0 Å². The van der Waals surface area contributed by atoms with Crippen molar-refractivity contribution in [1.82, 2.24) is 10.3 Å². The molecule has 1 saturated heterocycles. The highest BCUT2D eigenvalue weighted by molar-refractivity contribution is 6.06. The number of benzene rings is 2. The van der Waals surface area contributed by atoms with Crippen LogP contribution >= 0.6 is 0 Å². The number of rotatable bonds is 0. The molecule has 0 saturated carbocycles. The highest BCUT2D eigenvalue weighted by Crippen LogP contribution is 2.24. The second-order valence-electron chi connectivity index (χ2n) is 6.12. The van der Waals surface area contributed by atoms with Gasteiger partial charge in [0.2, 0.25) is 0 Å². The molecule has 1 fully saturated rings. The average Bonchev–Trinajstić information content (AvgIpc) is 2.85. The number of β-amino-alcohol motifs (C(OH)–C–C–N with tert-alkyl or cyclic N) is 1. The van der Waals surface area contributed by atoms with Crippen molar-refractivity contribution in [3.63, 3.8) is 0 Å². The quantitative estimate of drug-likeness (QED) is 0.596. The highest BCUT2D eigenvalue weighted by Gasteiger charge is 2.30. The van der Waals surface area contributed by atoms with Crippen LogP contribution in [0.4, 0.5) is 4.39 Å². The SMILES string of the molecule is CC1(F)CNC[C@@H](O)C1.c1ccc2c(c1)[nH]c1ccccc12. The van der Waals surface area contributed by atoms with Crippen molar-refractivity contribution < 1.29 is 9.50 Å². The minimum atomic E-state index is -1.21. The summed E-state index contributed by atoms with van der Waals surface area (Å²) < 4.78 is 12.9. The van der Waals surface area contributed by atoms with E-state index >= 15 is 0 Å². The Morgan fingerprint density at radius 2 is 1.59 bits per heavy atom. The number of aromatic amines is 1. The lowest BCUT2D eigenvalue weighted by atomic mass is 9.97. The summed E-state index contributed by atoms with van der Waals surface area (Å²) in [6.07, 6.45) is -0.242. The lowest BCUT2D eigenvalue weighted by Gasteiger charge is -2.29. The minimum Gasteiger partial charge on any atom is -0.392 e. The van der Waals surface area contributed by atoms with Gasteiger partial charge in [0.1, 0.15) is 5.67 Å². The van der Waals surface area contributed by atoms with Gasteiger partial charge in [0.15, 0.2) is 0 Å². The molecule has 4 heteroatoms. The molecule has 22 heavy (non-hydrogen) atoms. The third-order valence-electron chi connectivity index (χ3n) is 3.95. The van der Waals surface area contributed by atoms with Gasteiger partial charge < -0.3 is 15.4 Å². The van der Waals surface area contributed by atoms with Crippen molar-refractivity contribution in [2.24, 2.45) is 0 Å². The van der Waals surface area contributed by atoms with E-state index in [-0.39, 0.29) is 6.42 Å². The number of halogens is 1. The number of aromatic nitrogens is 1. The number of H-pyrrole nitrogens is 1. The zero-order chi connectivity index (χ0) is 15.6. The molecule has 1 aliphatic rings. The number of hydrogen-bond donors (Lipinski definition) is 3. The molecule has 3 N–H and O–H groups in total. The first-order valence-corrected chi connectivity index (χ1v) is 7.58. The van der Waals surface area contributed by atoms with Crippen LogP contribution in [0, 0.1) is 0 Å². The Bertz CT molecular complexity index is 715. The number of alkyl halides is 1. The summed E-state index contributed by atoms with van der Waals surface area (Å²) in [6.45, 7) is 2.39. The van der Waals surface area contributed by atoms with Crippen molar-refractivity contribution in [1.29, 1.82) is 0 Å². The van der Waals surface area contributed by atoms with E-state index in [2.05, 4.69) is 58.8 Å². The van der Waals surface area contributed by atoms with Gasteiger partial charge >= 0.3 is 0 Å². The Balaban J connectivity index is 0.000000142. The summed E-state index contributed by atoms with van der Waals surface area (Å²) in [5, 5.41) is 14.3. The number of para-hydroxylation sites is 2. The second-order valence-corrected chi connectivity index (χ2v) is 6.12. The van der Waals surface area contributed by atoms with Crippen LogP contribution in [0.25, 0.3) is 21.8 Å². The molecule has 1 aliphatic heterocycles. The van der Waals surface area contributed by atoms with E-state index in [1.807, 2.05) is 0 Å². The van der Waals surface area contributed by atoms with E-state index in [0.29, 0.717) is 13.1 Å². The molecule has 3 aromatic rings. The number of hydrogen-bond acceptors (Lipinski definition) is 2. The molecular formula is C18H21FN2O. The van der Waals surface area contributed by atoms with Gasteiger partial charge in [-0.05, 0) is 19.1 Å². The molecule has 0 radical (unpaired) electrons. The monoisotopic (exact) mass is 300 g/mol. The summed E-state index contributed by atoms with van der Waals surface area (Å²) in [5.74, 6) is 0. The summed E-state index contributed by atoms with van der Waals surface area (Å²) in [6, 6.07) is 16.8. The maximum absolute atomic E-state index is 12.9. The van der Waals surface area contributed by atoms with Crippen LogP contribution in [0.15, 0.2) is 48.5 Å². The zero-order valence-corrected chi connectivity index (χ0v) is 12.6. The van der Waals surface area contributed by atoms with Crippen molar-refractivity contribution in [3.05, 3.63) is 48.5 Å². The fourth-order valence-corrected chi connectivity index (χ4v) is 2.93. The van der Waals surface area contributed by atoms with Gasteiger partial charge in [-0.1, -0.05) is 36.4 Å². The number of piperidine rings is 1. The minimum absolute atomic E-state index is 0.264. The topological polar surface area (TPSA) is 48.0 Å². The van der Waals surface area contributed by atoms with Gasteiger partial charge in [0.25, 0.3) is 0 Å².